The van der Waals surface area contributed by atoms with Gasteiger partial charge in [-0.25, -0.2) is 14.5 Å². The van der Waals surface area contributed by atoms with Gasteiger partial charge in [0.15, 0.2) is 0 Å². The Bertz CT molecular complexity index is 1320. The molecule has 2 saturated heterocycles. The van der Waals surface area contributed by atoms with E-state index in [1.165, 1.54) is 25.6 Å². The van der Waals surface area contributed by atoms with Crippen molar-refractivity contribution in [3.8, 4) is 0 Å². The van der Waals surface area contributed by atoms with Crippen LogP contribution in [-0.4, -0.2) is 93.3 Å². The monoisotopic (exact) mass is 581 g/mol. The average Bonchev–Trinajstić information content (AvgIpc) is 3.28. The number of carbonyl (C=O) groups excluding carboxylic acids is 7. The van der Waals surface area contributed by atoms with Gasteiger partial charge < -0.3 is 25.3 Å². The van der Waals surface area contributed by atoms with Gasteiger partial charge in [-0.2, -0.15) is 0 Å². The normalized spacial score (nSPS) is 19.8. The molecule has 1 aromatic carbocycles. The number of carboxylic acids is 1. The van der Waals surface area contributed by atoms with Gasteiger partial charge in [-0.15, -0.1) is 11.8 Å². The number of aliphatic carboxylic acids is 1. The number of amides is 7. The molecule has 1 unspecified atom stereocenters. The Balaban J connectivity index is 0.00000441. The van der Waals surface area contributed by atoms with Gasteiger partial charge in [0, 0.05) is 37.4 Å². The third-order valence-corrected chi connectivity index (χ3v) is 7.59. The number of thioether (sulfide) groups is 1. The summed E-state index contributed by atoms with van der Waals surface area (Å²) in [7, 11) is 0. The summed E-state index contributed by atoms with van der Waals surface area (Å²) in [6.45, 7) is 2.21. The number of nitrogens with one attached hydrogen (secondary N) is 2. The van der Waals surface area contributed by atoms with Gasteiger partial charge >= 0.3 is 47.6 Å². The molecule has 0 spiro atoms. The molecule has 2 N–H and O–H groups in total. The molecule has 0 saturated carbocycles. The fourth-order valence-electron chi connectivity index (χ4n) is 4.37. The van der Waals surface area contributed by atoms with Crippen molar-refractivity contribution < 1.29 is 73.0 Å². The molecule has 3 heterocycles. The molecular formula is C24H24N5NaO9S. The van der Waals surface area contributed by atoms with E-state index in [0.717, 1.165) is 14.7 Å². The molecule has 0 radical (unpaired) electrons. The molecule has 3 aliphatic heterocycles. The molecule has 14 nitrogen and oxygen atoms in total. The van der Waals surface area contributed by atoms with Crippen molar-refractivity contribution in [2.75, 3.05) is 30.8 Å². The summed E-state index contributed by atoms with van der Waals surface area (Å²) in [5.74, 6) is -3.72. The summed E-state index contributed by atoms with van der Waals surface area (Å²) in [5, 5.41) is 16.2. The second-order valence-corrected chi connectivity index (χ2v) is 9.95. The second-order valence-electron chi connectivity index (χ2n) is 8.84. The number of carbonyl (C=O) groups is 7. The van der Waals surface area contributed by atoms with Crippen LogP contribution < -0.4 is 45.3 Å². The number of hydrogen-bond acceptors (Lipinski definition) is 10. The first-order chi connectivity index (χ1) is 18.5. The van der Waals surface area contributed by atoms with E-state index in [1.807, 2.05) is 0 Å². The Labute approximate surface area is 254 Å². The molecule has 16 heteroatoms. The van der Waals surface area contributed by atoms with Gasteiger partial charge in [0.05, 0.1) is 24.6 Å². The van der Waals surface area contributed by atoms with E-state index in [0.29, 0.717) is 5.56 Å². The van der Waals surface area contributed by atoms with Crippen LogP contribution in [0.25, 0.3) is 0 Å². The first-order valence-corrected chi connectivity index (χ1v) is 12.8. The molecule has 40 heavy (non-hydrogen) atoms. The second kappa shape index (κ2) is 12.8. The number of nitrogens with zero attached hydrogens (tertiary/aromatic N) is 3. The average molecular weight is 582 g/mol. The molecule has 1 aromatic rings. The standard InChI is InChI=1S/C24H25N5O9S.Na/c1-12(30)27-7-8-28(24(27)37)23(36)25-16-6-4-3-5-14(16)9-17(32)26-18-20(33)29-19(22(34)35)15(10-38-13(2)31)11-39-21(18)29;/h3-6,18,21H,7-11H2,1-2H3,(H,25,36)(H,26,32)(H,34,35);/q;+1/p-1/t18?,21-;/m1./s1. The van der Waals surface area contributed by atoms with E-state index in [-0.39, 0.29) is 78.4 Å². The van der Waals surface area contributed by atoms with Crippen LogP contribution in [0.5, 0.6) is 0 Å². The van der Waals surface area contributed by atoms with Crippen LogP contribution >= 0.6 is 11.8 Å². The Morgan fingerprint density at radius 1 is 1.07 bits per heavy atom. The predicted octanol–water partition coefficient (Wildman–Crippen LogP) is -3.98. The SMILES string of the molecule is CC(=O)OCC1=C(C(=O)[O-])N2C(=O)C(NC(=O)Cc3ccccc3NC(=O)N3CCN(C(C)=O)C3=O)[C@H]2SC1.[Na+]. The van der Waals surface area contributed by atoms with Crippen molar-refractivity contribution in [1.82, 2.24) is 20.0 Å². The number of imide groups is 2. The smallest absolute Gasteiger partial charge is 0.543 e. The predicted molar refractivity (Wildman–Crippen MR) is 132 cm³/mol. The van der Waals surface area contributed by atoms with Crippen molar-refractivity contribution in [2.45, 2.75) is 31.7 Å². The van der Waals surface area contributed by atoms with Crippen LogP contribution in [0.4, 0.5) is 15.3 Å². The minimum absolute atomic E-state index is 0. The van der Waals surface area contributed by atoms with Crippen LogP contribution in [0.15, 0.2) is 35.5 Å². The molecule has 2 atom stereocenters. The first kappa shape index (κ1) is 31.1. The number of carboxylic acid groups (broad SMARTS) is 1. The minimum atomic E-state index is -1.59. The Hall–Kier alpha value is -3.40. The summed E-state index contributed by atoms with van der Waals surface area (Å²) in [6.07, 6.45) is -0.230. The van der Waals surface area contributed by atoms with Gasteiger partial charge in [-0.05, 0) is 11.6 Å². The molecule has 4 rings (SSSR count). The molecule has 2 fully saturated rings. The number of hydrogen-bond donors (Lipinski definition) is 2. The van der Waals surface area contributed by atoms with E-state index in [2.05, 4.69) is 10.6 Å². The Morgan fingerprint density at radius 3 is 2.38 bits per heavy atom. The van der Waals surface area contributed by atoms with E-state index in [4.69, 9.17) is 4.74 Å². The fourth-order valence-corrected chi connectivity index (χ4v) is 5.69. The van der Waals surface area contributed by atoms with Crippen LogP contribution in [0.2, 0.25) is 0 Å². The van der Waals surface area contributed by atoms with E-state index < -0.39 is 53.1 Å². The van der Waals surface area contributed by atoms with Crippen LogP contribution in [0, 0.1) is 0 Å². The molecule has 0 bridgehead atoms. The zero-order valence-corrected chi connectivity index (χ0v) is 24.7. The van der Waals surface area contributed by atoms with Crippen LogP contribution in [0.3, 0.4) is 0 Å². The maximum Gasteiger partial charge on any atom is 1.00 e. The van der Waals surface area contributed by atoms with Crippen molar-refractivity contribution >= 4 is 59.2 Å². The summed E-state index contributed by atoms with van der Waals surface area (Å²) in [5.41, 5.74) is 0.510. The number of rotatable bonds is 7. The molecular weight excluding hydrogens is 557 g/mol. The number of fused-ring (bicyclic) bond motifs is 1. The molecule has 206 valence electrons. The number of para-hydroxylation sites is 1. The largest absolute Gasteiger partial charge is 1.00 e. The minimum Gasteiger partial charge on any atom is -0.543 e. The summed E-state index contributed by atoms with van der Waals surface area (Å²) in [4.78, 5) is 87.8. The fraction of sp³-hybridized carbons (Fsp3) is 0.375. The third-order valence-electron chi connectivity index (χ3n) is 6.25. The van der Waals surface area contributed by atoms with Crippen molar-refractivity contribution in [3.63, 3.8) is 0 Å². The van der Waals surface area contributed by atoms with E-state index >= 15 is 0 Å². The summed E-state index contributed by atoms with van der Waals surface area (Å²) >= 11 is 1.21. The van der Waals surface area contributed by atoms with Gasteiger partial charge in [-0.1, -0.05) is 18.2 Å². The zero-order valence-electron chi connectivity index (χ0n) is 21.9. The van der Waals surface area contributed by atoms with Crippen LogP contribution in [0.1, 0.15) is 19.4 Å². The third kappa shape index (κ3) is 6.32. The number of esters is 1. The molecule has 7 amide bonds. The maximum absolute atomic E-state index is 12.8. The van der Waals surface area contributed by atoms with Gasteiger partial charge in [0.1, 0.15) is 18.0 Å². The van der Waals surface area contributed by atoms with E-state index in [9.17, 15) is 38.7 Å². The van der Waals surface area contributed by atoms with Crippen LogP contribution in [-0.2, 0) is 35.1 Å². The van der Waals surface area contributed by atoms with E-state index in [1.54, 1.807) is 24.3 Å². The van der Waals surface area contributed by atoms with Gasteiger partial charge in [-0.3, -0.25) is 29.0 Å². The summed E-state index contributed by atoms with van der Waals surface area (Å²) < 4.78 is 4.88. The number of anilines is 1. The molecule has 0 aromatic heterocycles. The topological polar surface area (TPSA) is 186 Å². The number of ether oxygens (including phenoxy) is 1. The Kier molecular flexibility index (Phi) is 10.00. The van der Waals surface area contributed by atoms with Crippen molar-refractivity contribution in [2.24, 2.45) is 0 Å². The maximum atomic E-state index is 12.8. The van der Waals surface area contributed by atoms with Crippen molar-refractivity contribution in [3.05, 3.63) is 41.1 Å². The Morgan fingerprint density at radius 2 is 1.75 bits per heavy atom. The van der Waals surface area contributed by atoms with Crippen molar-refractivity contribution in [1.29, 1.82) is 0 Å². The first-order valence-electron chi connectivity index (χ1n) is 11.8. The molecule has 3 aliphatic rings. The van der Waals surface area contributed by atoms with Gasteiger partial charge in [0.2, 0.25) is 11.8 Å². The number of β-lactam (4-membered cyclic amide) rings is 1. The molecule has 0 aliphatic carbocycles. The summed E-state index contributed by atoms with van der Waals surface area (Å²) in [6, 6.07) is 3.90. The number of urea groups is 2. The van der Waals surface area contributed by atoms with Gasteiger partial charge in [0.25, 0.3) is 5.91 Å². The quantitative estimate of drug-likeness (QED) is 0.183. The zero-order chi connectivity index (χ0) is 28.4. The number of benzene rings is 1.